The molecule has 0 radical (unpaired) electrons. The van der Waals surface area contributed by atoms with E-state index >= 15 is 0 Å². The first-order chi connectivity index (χ1) is 13.7. The summed E-state index contributed by atoms with van der Waals surface area (Å²) < 4.78 is 44.8. The first-order valence-corrected chi connectivity index (χ1v) is 11.1. The molecule has 0 aliphatic heterocycles. The summed E-state index contributed by atoms with van der Waals surface area (Å²) in [5.74, 6) is -3.46. The number of amides is 2. The van der Waals surface area contributed by atoms with Gasteiger partial charge in [0.2, 0.25) is 5.91 Å². The highest BCUT2D eigenvalue weighted by Crippen LogP contribution is 2.18. The topological polar surface area (TPSA) is 124 Å². The molecule has 0 saturated carbocycles. The highest BCUT2D eigenvalue weighted by Gasteiger charge is 2.22. The number of fused-ring (bicyclic) bond motifs is 1. The molecule has 1 aromatic carbocycles. The lowest BCUT2D eigenvalue weighted by Crippen LogP contribution is -2.28. The second-order valence-corrected chi connectivity index (χ2v) is 9.22. The van der Waals surface area contributed by atoms with Crippen LogP contribution in [0.2, 0.25) is 0 Å². The Balaban J connectivity index is 1.75. The third-order valence-corrected chi connectivity index (χ3v) is 6.20. The van der Waals surface area contributed by atoms with E-state index in [0.29, 0.717) is 22.5 Å². The maximum absolute atomic E-state index is 13.4. The zero-order valence-electron chi connectivity index (χ0n) is 15.5. The van der Waals surface area contributed by atoms with Crippen LogP contribution in [-0.2, 0) is 26.0 Å². The van der Waals surface area contributed by atoms with Gasteiger partial charge in [0.05, 0.1) is 10.2 Å². The molecule has 2 amide bonds. The first-order valence-electron chi connectivity index (χ1n) is 8.47. The third kappa shape index (κ3) is 5.15. The Morgan fingerprint density at radius 1 is 1.31 bits per heavy atom. The number of aryl methyl sites for hydroxylation is 2. The second-order valence-electron chi connectivity index (χ2n) is 6.15. The number of carbonyl (C=O) groups excluding carboxylic acids is 2. The molecule has 0 saturated heterocycles. The monoisotopic (exact) mass is 440 g/mol. The summed E-state index contributed by atoms with van der Waals surface area (Å²) in [7, 11) is -4.05. The number of hydrogen-bond donors (Lipinski definition) is 1. The summed E-state index contributed by atoms with van der Waals surface area (Å²) >= 11 is 1.08. The number of thiazole rings is 1. The number of rotatable bonds is 6. The van der Waals surface area contributed by atoms with E-state index in [1.165, 1.54) is 18.2 Å². The summed E-state index contributed by atoms with van der Waals surface area (Å²) in [5.41, 5.74) is 0.690. The summed E-state index contributed by atoms with van der Waals surface area (Å²) in [4.78, 5) is 28.2. The van der Waals surface area contributed by atoms with Gasteiger partial charge in [0.15, 0.2) is 20.5 Å². The maximum Gasteiger partial charge on any atom is 0.263 e. The van der Waals surface area contributed by atoms with Crippen molar-refractivity contribution in [2.45, 2.75) is 20.4 Å². The molecule has 2 aromatic heterocycles. The fraction of sp³-hybridized carbons (Fsp3) is 0.294. The van der Waals surface area contributed by atoms with Crippen molar-refractivity contribution in [1.82, 2.24) is 9.72 Å². The van der Waals surface area contributed by atoms with Crippen LogP contribution in [-0.4, -0.2) is 41.5 Å². The van der Waals surface area contributed by atoms with Crippen LogP contribution in [0.1, 0.15) is 12.7 Å². The molecule has 0 atom stereocenters. The maximum atomic E-state index is 13.4. The van der Waals surface area contributed by atoms with Gasteiger partial charge in [0, 0.05) is 12.6 Å². The van der Waals surface area contributed by atoms with E-state index in [1.54, 1.807) is 17.6 Å². The highest BCUT2D eigenvalue weighted by molar-refractivity contribution is 7.92. The summed E-state index contributed by atoms with van der Waals surface area (Å²) in [6.45, 7) is 3.90. The van der Waals surface area contributed by atoms with Gasteiger partial charge in [-0.05, 0) is 32.0 Å². The largest absolute Gasteiger partial charge is 0.360 e. The first kappa shape index (κ1) is 20.9. The van der Waals surface area contributed by atoms with E-state index < -0.39 is 39.0 Å². The van der Waals surface area contributed by atoms with Crippen LogP contribution in [0.3, 0.4) is 0 Å². The molecule has 0 fully saturated rings. The van der Waals surface area contributed by atoms with E-state index in [-0.39, 0.29) is 10.6 Å². The lowest BCUT2D eigenvalue weighted by Gasteiger charge is -2.02. The molecule has 3 rings (SSSR count). The van der Waals surface area contributed by atoms with Gasteiger partial charge < -0.3 is 14.4 Å². The van der Waals surface area contributed by atoms with Gasteiger partial charge >= 0.3 is 0 Å². The van der Waals surface area contributed by atoms with Gasteiger partial charge in [-0.1, -0.05) is 16.5 Å². The van der Waals surface area contributed by atoms with E-state index in [1.807, 2.05) is 6.92 Å². The molecular formula is C17H17FN4O5S2. The van der Waals surface area contributed by atoms with Crippen molar-refractivity contribution >= 4 is 49.0 Å². The van der Waals surface area contributed by atoms with Gasteiger partial charge in [-0.2, -0.15) is 4.99 Å². The number of carbonyl (C=O) groups is 2. The van der Waals surface area contributed by atoms with E-state index in [0.717, 1.165) is 11.3 Å². The van der Waals surface area contributed by atoms with E-state index in [4.69, 9.17) is 4.52 Å². The number of hydrogen-bond acceptors (Lipinski definition) is 7. The third-order valence-electron chi connectivity index (χ3n) is 3.77. The number of benzene rings is 1. The van der Waals surface area contributed by atoms with Crippen LogP contribution in [0.15, 0.2) is 33.8 Å². The summed E-state index contributed by atoms with van der Waals surface area (Å²) in [5, 5.41) is 5.81. The molecule has 29 heavy (non-hydrogen) atoms. The summed E-state index contributed by atoms with van der Waals surface area (Å²) in [6.07, 6.45) is 0. The lowest BCUT2D eigenvalue weighted by atomic mass is 10.3. The fourth-order valence-corrected chi connectivity index (χ4v) is 4.77. The standard InChI is InChI=1S/C17H17FN4O5S2/c1-3-22-12-5-4-11(18)7-13(12)28-17(22)20-16(24)9-29(25,26)8-15(23)19-14-6-10(2)27-21-14/h4-7H,3,8-9H2,1-2H3,(H,19,21,23). The molecular weight excluding hydrogens is 423 g/mol. The minimum absolute atomic E-state index is 0.0835. The molecule has 12 heteroatoms. The fourth-order valence-electron chi connectivity index (χ4n) is 2.62. The van der Waals surface area contributed by atoms with E-state index in [9.17, 15) is 22.4 Å². The molecule has 0 aliphatic rings. The number of nitrogens with zero attached hydrogens (tertiary/aromatic N) is 3. The highest BCUT2D eigenvalue weighted by atomic mass is 32.2. The molecule has 1 N–H and O–H groups in total. The second kappa shape index (κ2) is 8.25. The van der Waals surface area contributed by atoms with Crippen LogP contribution in [0.4, 0.5) is 10.2 Å². The van der Waals surface area contributed by atoms with Gasteiger partial charge in [-0.3, -0.25) is 9.59 Å². The molecule has 3 aromatic rings. The van der Waals surface area contributed by atoms with Gasteiger partial charge in [0.25, 0.3) is 5.91 Å². The molecule has 154 valence electrons. The minimum atomic E-state index is -4.05. The molecule has 2 heterocycles. The van der Waals surface area contributed by atoms with Crippen molar-refractivity contribution in [3.05, 3.63) is 40.6 Å². The zero-order chi connectivity index (χ0) is 21.2. The quantitative estimate of drug-likeness (QED) is 0.621. The Morgan fingerprint density at radius 2 is 2.07 bits per heavy atom. The number of sulfone groups is 1. The number of nitrogens with one attached hydrogen (secondary N) is 1. The van der Waals surface area contributed by atoms with Gasteiger partial charge in [-0.25, -0.2) is 12.8 Å². The average molecular weight is 440 g/mol. The predicted molar refractivity (Wildman–Crippen MR) is 105 cm³/mol. The number of aromatic nitrogens is 2. The zero-order valence-corrected chi connectivity index (χ0v) is 17.1. The minimum Gasteiger partial charge on any atom is -0.360 e. The van der Waals surface area contributed by atoms with Crippen LogP contribution < -0.4 is 10.1 Å². The van der Waals surface area contributed by atoms with Crippen LogP contribution in [0.25, 0.3) is 10.2 Å². The molecule has 0 spiro atoms. The van der Waals surface area contributed by atoms with Crippen LogP contribution in [0, 0.1) is 12.7 Å². The van der Waals surface area contributed by atoms with E-state index in [2.05, 4.69) is 15.5 Å². The molecule has 0 aliphatic carbocycles. The normalized spacial score (nSPS) is 12.4. The van der Waals surface area contributed by atoms with Crippen molar-refractivity contribution < 1.29 is 26.9 Å². The molecule has 0 bridgehead atoms. The van der Waals surface area contributed by atoms with Crippen molar-refractivity contribution in [1.29, 1.82) is 0 Å². The van der Waals surface area contributed by atoms with Crippen molar-refractivity contribution in [2.24, 2.45) is 4.99 Å². The smallest absolute Gasteiger partial charge is 0.263 e. The summed E-state index contributed by atoms with van der Waals surface area (Å²) in [6, 6.07) is 5.62. The Kier molecular flexibility index (Phi) is 5.94. The van der Waals surface area contributed by atoms with Gasteiger partial charge in [-0.15, -0.1) is 0 Å². The Morgan fingerprint density at radius 3 is 2.72 bits per heavy atom. The van der Waals surface area contributed by atoms with Crippen molar-refractivity contribution in [2.75, 3.05) is 16.8 Å². The number of anilines is 1. The lowest BCUT2D eigenvalue weighted by molar-refractivity contribution is -0.115. The van der Waals surface area contributed by atoms with Gasteiger partial charge in [0.1, 0.15) is 23.1 Å². The molecule has 9 nitrogen and oxygen atoms in total. The Hall–Kier alpha value is -2.86. The van der Waals surface area contributed by atoms with Crippen molar-refractivity contribution in [3.8, 4) is 0 Å². The average Bonchev–Trinajstić information content (AvgIpc) is 3.15. The predicted octanol–water partition coefficient (Wildman–Crippen LogP) is 1.64. The van der Waals surface area contributed by atoms with Crippen LogP contribution >= 0.6 is 11.3 Å². The number of halogens is 1. The molecule has 0 unspecified atom stereocenters. The Bertz CT molecular complexity index is 1260. The van der Waals surface area contributed by atoms with Crippen molar-refractivity contribution in [3.63, 3.8) is 0 Å². The Labute approximate surface area is 168 Å². The van der Waals surface area contributed by atoms with Crippen LogP contribution in [0.5, 0.6) is 0 Å². The SMILES string of the molecule is CCn1c(=NC(=O)CS(=O)(=O)CC(=O)Nc2cc(C)on2)sc2cc(F)ccc21.